The van der Waals surface area contributed by atoms with Gasteiger partial charge in [-0.05, 0) is 32.9 Å². The molecule has 0 saturated heterocycles. The van der Waals surface area contributed by atoms with Crippen molar-refractivity contribution in [3.8, 4) is 0 Å². The fourth-order valence-electron chi connectivity index (χ4n) is 1.60. The largest absolute Gasteiger partial charge is 0.392 e. The van der Waals surface area contributed by atoms with Crippen LogP contribution in [0, 0.1) is 13.8 Å². The van der Waals surface area contributed by atoms with Crippen molar-refractivity contribution in [2.75, 3.05) is 13.1 Å². The number of nitrogens with zero attached hydrogens (tertiary/aromatic N) is 2. The molecule has 92 valence electrons. The molecular formula is C12H17N3OS. The number of rotatable bonds is 4. The van der Waals surface area contributed by atoms with E-state index < -0.39 is 0 Å². The number of thiocarbonyl (C=S) groups is 1. The van der Waals surface area contributed by atoms with E-state index in [2.05, 4.69) is 4.98 Å². The van der Waals surface area contributed by atoms with E-state index in [1.807, 2.05) is 26.8 Å². The zero-order valence-electron chi connectivity index (χ0n) is 10.4. The van der Waals surface area contributed by atoms with Crippen molar-refractivity contribution >= 4 is 23.1 Å². The molecule has 5 heteroatoms. The van der Waals surface area contributed by atoms with Crippen LogP contribution in [0.3, 0.4) is 0 Å². The lowest BCUT2D eigenvalue weighted by Crippen LogP contribution is -2.37. The van der Waals surface area contributed by atoms with Crippen LogP contribution in [-0.2, 0) is 0 Å². The minimum Gasteiger partial charge on any atom is -0.392 e. The normalized spacial score (nSPS) is 10.1. The van der Waals surface area contributed by atoms with E-state index in [4.69, 9.17) is 18.0 Å². The molecule has 0 saturated carbocycles. The second kappa shape index (κ2) is 5.72. The van der Waals surface area contributed by atoms with Crippen molar-refractivity contribution < 1.29 is 4.79 Å². The molecule has 0 aliphatic heterocycles. The smallest absolute Gasteiger partial charge is 0.256 e. The molecule has 2 N–H and O–H groups in total. The van der Waals surface area contributed by atoms with E-state index in [1.165, 1.54) is 0 Å². The summed E-state index contributed by atoms with van der Waals surface area (Å²) in [6.45, 7) is 6.50. The second-order valence-corrected chi connectivity index (χ2v) is 4.40. The van der Waals surface area contributed by atoms with Crippen LogP contribution in [0.15, 0.2) is 12.1 Å². The maximum absolute atomic E-state index is 12.2. The number of amides is 1. The SMILES string of the molecule is CCN(CC(N)=S)C(=O)c1ccc(C)nc1C. The third kappa shape index (κ3) is 3.49. The van der Waals surface area contributed by atoms with Crippen molar-refractivity contribution in [2.24, 2.45) is 5.73 Å². The van der Waals surface area contributed by atoms with E-state index in [0.29, 0.717) is 23.6 Å². The standard InChI is InChI=1S/C12H17N3OS/c1-4-15(7-11(13)17)12(16)10-6-5-8(2)14-9(10)3/h5-6H,4,7H2,1-3H3,(H2,13,17). The van der Waals surface area contributed by atoms with Gasteiger partial charge in [-0.2, -0.15) is 0 Å². The Morgan fingerprint density at radius 3 is 2.59 bits per heavy atom. The molecule has 0 aromatic carbocycles. The third-order valence-electron chi connectivity index (χ3n) is 2.47. The average molecular weight is 251 g/mol. The van der Waals surface area contributed by atoms with Gasteiger partial charge in [-0.1, -0.05) is 12.2 Å². The number of carbonyl (C=O) groups excluding carboxylic acids is 1. The number of hydrogen-bond acceptors (Lipinski definition) is 3. The highest BCUT2D eigenvalue weighted by molar-refractivity contribution is 7.80. The van der Waals surface area contributed by atoms with E-state index >= 15 is 0 Å². The Balaban J connectivity index is 2.97. The predicted molar refractivity (Wildman–Crippen MR) is 72.1 cm³/mol. The lowest BCUT2D eigenvalue weighted by Gasteiger charge is -2.20. The highest BCUT2D eigenvalue weighted by Crippen LogP contribution is 2.10. The molecule has 0 bridgehead atoms. The van der Waals surface area contributed by atoms with E-state index in [9.17, 15) is 4.79 Å². The molecule has 1 heterocycles. The van der Waals surface area contributed by atoms with Crippen molar-refractivity contribution in [1.82, 2.24) is 9.88 Å². The number of aromatic nitrogens is 1. The zero-order valence-corrected chi connectivity index (χ0v) is 11.2. The van der Waals surface area contributed by atoms with Gasteiger partial charge in [0, 0.05) is 12.2 Å². The Hall–Kier alpha value is -1.49. The zero-order chi connectivity index (χ0) is 13.0. The first-order chi connectivity index (χ1) is 7.95. The summed E-state index contributed by atoms with van der Waals surface area (Å²) < 4.78 is 0. The fourth-order valence-corrected chi connectivity index (χ4v) is 1.75. The van der Waals surface area contributed by atoms with Crippen LogP contribution in [0.5, 0.6) is 0 Å². The lowest BCUT2D eigenvalue weighted by atomic mass is 10.1. The van der Waals surface area contributed by atoms with Crippen LogP contribution >= 0.6 is 12.2 Å². The molecule has 0 aliphatic carbocycles. The molecule has 1 aromatic heterocycles. The first-order valence-corrected chi connectivity index (χ1v) is 5.88. The van der Waals surface area contributed by atoms with Gasteiger partial charge in [-0.25, -0.2) is 0 Å². The Labute approximate surface area is 107 Å². The van der Waals surface area contributed by atoms with Crippen molar-refractivity contribution in [3.05, 3.63) is 29.1 Å². The van der Waals surface area contributed by atoms with Crippen LogP contribution in [-0.4, -0.2) is 33.9 Å². The van der Waals surface area contributed by atoms with Crippen LogP contribution < -0.4 is 5.73 Å². The number of pyridine rings is 1. The summed E-state index contributed by atoms with van der Waals surface area (Å²) in [5.41, 5.74) is 7.71. The summed E-state index contributed by atoms with van der Waals surface area (Å²) in [6.07, 6.45) is 0. The monoisotopic (exact) mass is 251 g/mol. The van der Waals surface area contributed by atoms with Gasteiger partial charge < -0.3 is 10.6 Å². The number of hydrogen-bond donors (Lipinski definition) is 1. The molecule has 1 aromatic rings. The second-order valence-electron chi connectivity index (χ2n) is 3.87. The summed E-state index contributed by atoms with van der Waals surface area (Å²) in [5, 5.41) is 0. The minimum atomic E-state index is -0.0784. The average Bonchev–Trinajstić information content (AvgIpc) is 2.24. The van der Waals surface area contributed by atoms with Crippen molar-refractivity contribution in [2.45, 2.75) is 20.8 Å². The Bertz CT molecular complexity index is 445. The van der Waals surface area contributed by atoms with Gasteiger partial charge in [0.25, 0.3) is 5.91 Å². The predicted octanol–water partition coefficient (Wildman–Crippen LogP) is 1.45. The minimum absolute atomic E-state index is 0.0784. The Morgan fingerprint density at radius 2 is 2.12 bits per heavy atom. The number of aryl methyl sites for hydroxylation is 2. The lowest BCUT2D eigenvalue weighted by molar-refractivity contribution is 0.0786. The molecule has 4 nitrogen and oxygen atoms in total. The van der Waals surface area contributed by atoms with E-state index in [1.54, 1.807) is 11.0 Å². The van der Waals surface area contributed by atoms with Gasteiger partial charge in [0.15, 0.2) is 0 Å². The fraction of sp³-hybridized carbons (Fsp3) is 0.417. The summed E-state index contributed by atoms with van der Waals surface area (Å²) in [5.74, 6) is -0.0784. The molecule has 0 fully saturated rings. The molecule has 0 radical (unpaired) electrons. The Morgan fingerprint density at radius 1 is 1.47 bits per heavy atom. The molecule has 17 heavy (non-hydrogen) atoms. The topological polar surface area (TPSA) is 59.2 Å². The number of likely N-dealkylation sites (N-methyl/N-ethyl adjacent to an activating group) is 1. The van der Waals surface area contributed by atoms with Gasteiger partial charge in [0.1, 0.15) is 0 Å². The van der Waals surface area contributed by atoms with Gasteiger partial charge in [-0.15, -0.1) is 0 Å². The summed E-state index contributed by atoms with van der Waals surface area (Å²) in [6, 6.07) is 3.62. The van der Waals surface area contributed by atoms with Crippen LogP contribution in [0.2, 0.25) is 0 Å². The highest BCUT2D eigenvalue weighted by Gasteiger charge is 2.17. The first kappa shape index (κ1) is 13.6. The molecular weight excluding hydrogens is 234 g/mol. The molecule has 0 spiro atoms. The molecule has 0 aliphatic rings. The molecule has 0 unspecified atom stereocenters. The summed E-state index contributed by atoms with van der Waals surface area (Å²) in [7, 11) is 0. The molecule has 1 amide bonds. The Kier molecular flexibility index (Phi) is 4.57. The number of carbonyl (C=O) groups is 1. The maximum atomic E-state index is 12.2. The van der Waals surface area contributed by atoms with Crippen molar-refractivity contribution in [3.63, 3.8) is 0 Å². The van der Waals surface area contributed by atoms with Crippen LogP contribution in [0.4, 0.5) is 0 Å². The summed E-state index contributed by atoms with van der Waals surface area (Å²) in [4.78, 5) is 18.4. The number of nitrogens with two attached hydrogens (primary N) is 1. The molecule has 0 atom stereocenters. The van der Waals surface area contributed by atoms with Gasteiger partial charge >= 0.3 is 0 Å². The maximum Gasteiger partial charge on any atom is 0.256 e. The summed E-state index contributed by atoms with van der Waals surface area (Å²) >= 11 is 4.83. The van der Waals surface area contributed by atoms with Gasteiger partial charge in [0.05, 0.1) is 22.8 Å². The van der Waals surface area contributed by atoms with Gasteiger partial charge in [0.2, 0.25) is 0 Å². The van der Waals surface area contributed by atoms with E-state index in [0.717, 1.165) is 11.4 Å². The van der Waals surface area contributed by atoms with Crippen molar-refractivity contribution in [1.29, 1.82) is 0 Å². The highest BCUT2D eigenvalue weighted by atomic mass is 32.1. The van der Waals surface area contributed by atoms with E-state index in [-0.39, 0.29) is 5.91 Å². The first-order valence-electron chi connectivity index (χ1n) is 5.47. The quantitative estimate of drug-likeness (QED) is 0.823. The van der Waals surface area contributed by atoms with Gasteiger partial charge in [-0.3, -0.25) is 9.78 Å². The molecule has 1 rings (SSSR count). The van der Waals surface area contributed by atoms with Crippen LogP contribution in [0.1, 0.15) is 28.7 Å². The third-order valence-corrected chi connectivity index (χ3v) is 2.60. The van der Waals surface area contributed by atoms with Crippen LogP contribution in [0.25, 0.3) is 0 Å².